The summed E-state index contributed by atoms with van der Waals surface area (Å²) in [6.07, 6.45) is 3.13. The third-order valence-corrected chi connectivity index (χ3v) is 5.04. The molecule has 0 aliphatic carbocycles. The van der Waals surface area contributed by atoms with Crippen LogP contribution in [0.4, 0.5) is 5.82 Å². The summed E-state index contributed by atoms with van der Waals surface area (Å²) in [7, 11) is 0. The van der Waals surface area contributed by atoms with Crippen LogP contribution in [0.3, 0.4) is 0 Å². The van der Waals surface area contributed by atoms with Gasteiger partial charge in [-0.3, -0.25) is 9.78 Å². The topological polar surface area (TPSA) is 88.3 Å². The maximum atomic E-state index is 12.7. The van der Waals surface area contributed by atoms with E-state index in [2.05, 4.69) is 4.98 Å². The Bertz CT molecular complexity index is 1130. The van der Waals surface area contributed by atoms with Crippen LogP contribution >= 0.6 is 11.6 Å². The van der Waals surface area contributed by atoms with E-state index in [1.807, 2.05) is 30.9 Å². The lowest BCUT2D eigenvalue weighted by molar-refractivity contribution is 0.0694. The first-order valence-corrected chi connectivity index (χ1v) is 9.37. The summed E-state index contributed by atoms with van der Waals surface area (Å²) in [6.45, 7) is 5.78. The average Bonchev–Trinajstić information content (AvgIpc) is 3.07. The molecule has 1 N–H and O–H groups in total. The monoisotopic (exact) mass is 398 g/mol. The molecule has 7 nitrogen and oxygen atoms in total. The van der Waals surface area contributed by atoms with Crippen LogP contribution in [-0.4, -0.2) is 25.6 Å². The first kappa shape index (κ1) is 18.4. The van der Waals surface area contributed by atoms with Crippen molar-refractivity contribution in [1.82, 2.24) is 14.5 Å². The quantitative estimate of drug-likeness (QED) is 0.725. The van der Waals surface area contributed by atoms with E-state index in [-0.39, 0.29) is 16.9 Å². The van der Waals surface area contributed by atoms with Gasteiger partial charge in [0, 0.05) is 25.5 Å². The van der Waals surface area contributed by atoms with E-state index < -0.39 is 11.4 Å². The molecule has 0 radical (unpaired) electrons. The molecule has 0 spiro atoms. The Kier molecular flexibility index (Phi) is 4.55. The normalized spacial score (nSPS) is 13.4. The predicted molar refractivity (Wildman–Crippen MR) is 107 cm³/mol. The first-order chi connectivity index (χ1) is 13.3. The van der Waals surface area contributed by atoms with Gasteiger partial charge in [0.05, 0.1) is 22.6 Å². The van der Waals surface area contributed by atoms with Crippen molar-refractivity contribution >= 4 is 34.4 Å². The van der Waals surface area contributed by atoms with Crippen molar-refractivity contribution in [2.45, 2.75) is 33.5 Å². The molecule has 8 heteroatoms. The van der Waals surface area contributed by atoms with E-state index in [1.54, 1.807) is 10.8 Å². The molecule has 0 atom stereocenters. The van der Waals surface area contributed by atoms with E-state index in [4.69, 9.17) is 16.6 Å². The van der Waals surface area contributed by atoms with Gasteiger partial charge in [0.2, 0.25) is 5.43 Å². The molecule has 0 amide bonds. The Morgan fingerprint density at radius 1 is 1.36 bits per heavy atom. The number of aromatic nitrogens is 3. The van der Waals surface area contributed by atoms with Crippen molar-refractivity contribution in [3.8, 4) is 0 Å². The molecule has 0 saturated carbocycles. The van der Waals surface area contributed by atoms with Gasteiger partial charge < -0.3 is 14.6 Å². The Morgan fingerprint density at radius 2 is 2.14 bits per heavy atom. The lowest BCUT2D eigenvalue weighted by Crippen LogP contribution is -2.22. The highest BCUT2D eigenvalue weighted by atomic mass is 35.5. The molecule has 3 aromatic heterocycles. The summed E-state index contributed by atoms with van der Waals surface area (Å²) in [5.41, 5.74) is 1.67. The van der Waals surface area contributed by atoms with Crippen LogP contribution in [0.5, 0.6) is 0 Å². The molecule has 4 rings (SSSR count). The van der Waals surface area contributed by atoms with Gasteiger partial charge >= 0.3 is 5.97 Å². The summed E-state index contributed by atoms with van der Waals surface area (Å²) in [5.74, 6) is -0.452. The van der Waals surface area contributed by atoms with Crippen LogP contribution in [0.25, 0.3) is 11.0 Å². The van der Waals surface area contributed by atoms with Crippen LogP contribution in [0.2, 0.25) is 5.02 Å². The number of fused-ring (bicyclic) bond motifs is 2. The van der Waals surface area contributed by atoms with Crippen LogP contribution < -0.4 is 10.3 Å². The standard InChI is InChI=1S/C20H19ClN4O3/c1-11(2)7-24-9-14(20(27)28)17(26)13-6-15(21)19(23-18(13)24)25-8-12-4-3-5-22-16(12)10-25/h3-6,9,11H,7-8,10H2,1-2H3,(H,27,28). The minimum absolute atomic E-state index is 0.212. The molecule has 0 aromatic carbocycles. The van der Waals surface area contributed by atoms with Crippen LogP contribution in [-0.2, 0) is 19.6 Å². The zero-order valence-electron chi connectivity index (χ0n) is 15.5. The van der Waals surface area contributed by atoms with E-state index in [1.165, 1.54) is 12.3 Å². The number of carboxylic acids is 1. The number of pyridine rings is 3. The van der Waals surface area contributed by atoms with Gasteiger partial charge in [-0.1, -0.05) is 31.5 Å². The smallest absolute Gasteiger partial charge is 0.341 e. The van der Waals surface area contributed by atoms with Gasteiger partial charge in [0.15, 0.2) is 5.82 Å². The summed E-state index contributed by atoms with van der Waals surface area (Å²) in [5, 5.41) is 9.93. The maximum Gasteiger partial charge on any atom is 0.341 e. The Morgan fingerprint density at radius 3 is 2.82 bits per heavy atom. The van der Waals surface area contributed by atoms with E-state index in [0.29, 0.717) is 36.1 Å². The number of anilines is 1. The third kappa shape index (κ3) is 3.11. The maximum absolute atomic E-state index is 12.7. The molecule has 0 saturated heterocycles. The largest absolute Gasteiger partial charge is 0.477 e. The molecule has 4 heterocycles. The van der Waals surface area contributed by atoms with E-state index in [0.717, 1.165) is 11.3 Å². The summed E-state index contributed by atoms with van der Waals surface area (Å²) in [4.78, 5) is 35.3. The van der Waals surface area contributed by atoms with Crippen LogP contribution in [0, 0.1) is 5.92 Å². The first-order valence-electron chi connectivity index (χ1n) is 9.00. The van der Waals surface area contributed by atoms with Gasteiger partial charge in [0.1, 0.15) is 11.2 Å². The van der Waals surface area contributed by atoms with Crippen molar-refractivity contribution in [2.24, 2.45) is 5.92 Å². The fourth-order valence-electron chi connectivity index (χ4n) is 3.53. The Hall–Kier alpha value is -2.93. The predicted octanol–water partition coefficient (Wildman–Crippen LogP) is 3.32. The lowest BCUT2D eigenvalue weighted by atomic mass is 10.1. The number of aromatic carboxylic acids is 1. The number of halogens is 1. The van der Waals surface area contributed by atoms with Crippen molar-refractivity contribution < 1.29 is 9.90 Å². The molecular formula is C20H19ClN4O3. The molecule has 0 bridgehead atoms. The summed E-state index contributed by atoms with van der Waals surface area (Å²) < 4.78 is 1.73. The number of carboxylic acid groups (broad SMARTS) is 1. The molecule has 3 aromatic rings. The van der Waals surface area contributed by atoms with Crippen molar-refractivity contribution in [2.75, 3.05) is 4.90 Å². The molecule has 0 fully saturated rings. The van der Waals surface area contributed by atoms with E-state index >= 15 is 0 Å². The summed E-state index contributed by atoms with van der Waals surface area (Å²) >= 11 is 6.47. The van der Waals surface area contributed by atoms with Crippen LogP contribution in [0.15, 0.2) is 35.4 Å². The highest BCUT2D eigenvalue weighted by Gasteiger charge is 2.25. The molecular weight excluding hydrogens is 380 g/mol. The highest BCUT2D eigenvalue weighted by molar-refractivity contribution is 6.33. The fourth-order valence-corrected chi connectivity index (χ4v) is 3.80. The average molecular weight is 399 g/mol. The van der Waals surface area contributed by atoms with Crippen molar-refractivity contribution in [3.63, 3.8) is 0 Å². The Balaban J connectivity index is 1.89. The van der Waals surface area contributed by atoms with Gasteiger partial charge in [-0.15, -0.1) is 0 Å². The lowest BCUT2D eigenvalue weighted by Gasteiger charge is -2.20. The minimum Gasteiger partial charge on any atom is -0.477 e. The van der Waals surface area contributed by atoms with Gasteiger partial charge in [-0.25, -0.2) is 9.78 Å². The highest BCUT2D eigenvalue weighted by Crippen LogP contribution is 2.32. The third-order valence-electron chi connectivity index (χ3n) is 4.76. The number of hydrogen-bond acceptors (Lipinski definition) is 5. The zero-order valence-corrected chi connectivity index (χ0v) is 16.3. The second-order valence-electron chi connectivity index (χ2n) is 7.35. The molecule has 28 heavy (non-hydrogen) atoms. The second-order valence-corrected chi connectivity index (χ2v) is 7.76. The van der Waals surface area contributed by atoms with Gasteiger partial charge in [0.25, 0.3) is 0 Å². The second kappa shape index (κ2) is 6.91. The van der Waals surface area contributed by atoms with E-state index in [9.17, 15) is 14.7 Å². The zero-order chi connectivity index (χ0) is 20.0. The van der Waals surface area contributed by atoms with Crippen molar-refractivity contribution in [3.05, 3.63) is 62.7 Å². The molecule has 0 unspecified atom stereocenters. The van der Waals surface area contributed by atoms with Gasteiger partial charge in [-0.2, -0.15) is 0 Å². The number of nitrogens with zero attached hydrogens (tertiary/aromatic N) is 4. The molecule has 1 aliphatic rings. The van der Waals surface area contributed by atoms with Crippen LogP contribution in [0.1, 0.15) is 35.5 Å². The minimum atomic E-state index is -1.26. The number of hydrogen-bond donors (Lipinski definition) is 1. The fraction of sp³-hybridized carbons (Fsp3) is 0.300. The molecule has 1 aliphatic heterocycles. The summed E-state index contributed by atoms with van der Waals surface area (Å²) in [6, 6.07) is 5.44. The SMILES string of the molecule is CC(C)Cn1cc(C(=O)O)c(=O)c2cc(Cl)c(N3Cc4cccnc4C3)nc21. The van der Waals surface area contributed by atoms with Gasteiger partial charge in [-0.05, 0) is 23.6 Å². The number of rotatable bonds is 4. The number of carbonyl (C=O) groups is 1. The van der Waals surface area contributed by atoms with Crippen molar-refractivity contribution in [1.29, 1.82) is 0 Å². The molecule has 144 valence electrons. The Labute approximate surface area is 166 Å².